The van der Waals surface area contributed by atoms with Crippen LogP contribution >= 0.6 is 11.8 Å². The Morgan fingerprint density at radius 3 is 2.34 bits per heavy atom. The van der Waals surface area contributed by atoms with E-state index in [2.05, 4.69) is 5.32 Å². The second-order valence-corrected chi connectivity index (χ2v) is 9.29. The van der Waals surface area contributed by atoms with E-state index < -0.39 is 15.9 Å². The first-order valence-electron chi connectivity index (χ1n) is 8.93. The van der Waals surface area contributed by atoms with Gasteiger partial charge in [0.15, 0.2) is 11.5 Å². The standard InChI is InChI=1S/C20H26N2O5S2/c1-15(14-27-19-8-6-5-7-18(19)26-3)21-20(23)13-22(2)29(24,25)17-11-9-16(28-4)10-12-17/h5-12,15H,13-14H2,1-4H3,(H,21,23). The first-order valence-corrected chi connectivity index (χ1v) is 11.6. The smallest absolute Gasteiger partial charge is 0.243 e. The molecule has 158 valence electrons. The number of ether oxygens (including phenoxy) is 2. The normalized spacial score (nSPS) is 12.4. The molecule has 0 fully saturated rings. The maximum Gasteiger partial charge on any atom is 0.243 e. The number of hydrogen-bond donors (Lipinski definition) is 1. The summed E-state index contributed by atoms with van der Waals surface area (Å²) < 4.78 is 37.2. The fourth-order valence-corrected chi connectivity index (χ4v) is 4.07. The third-order valence-electron chi connectivity index (χ3n) is 4.10. The van der Waals surface area contributed by atoms with Crippen LogP contribution in [0.2, 0.25) is 0 Å². The molecule has 0 spiro atoms. The number of methoxy groups -OCH3 is 1. The average Bonchev–Trinajstić information content (AvgIpc) is 2.72. The lowest BCUT2D eigenvalue weighted by Crippen LogP contribution is -2.43. The van der Waals surface area contributed by atoms with Crippen molar-refractivity contribution in [2.45, 2.75) is 22.8 Å². The Kier molecular flexibility index (Phi) is 8.36. The summed E-state index contributed by atoms with van der Waals surface area (Å²) in [6.07, 6.45) is 1.92. The summed E-state index contributed by atoms with van der Waals surface area (Å²) in [7, 11) is -0.807. The molecule has 0 heterocycles. The van der Waals surface area contributed by atoms with Gasteiger partial charge >= 0.3 is 0 Å². The Hall–Kier alpha value is -2.23. The van der Waals surface area contributed by atoms with Gasteiger partial charge in [-0.25, -0.2) is 8.42 Å². The van der Waals surface area contributed by atoms with Gasteiger partial charge in [-0.1, -0.05) is 12.1 Å². The third-order valence-corrected chi connectivity index (χ3v) is 6.66. The van der Waals surface area contributed by atoms with Crippen LogP contribution in [0, 0.1) is 0 Å². The second-order valence-electron chi connectivity index (χ2n) is 6.37. The molecule has 0 aromatic heterocycles. The number of nitrogens with one attached hydrogen (secondary N) is 1. The zero-order valence-corrected chi connectivity index (χ0v) is 18.5. The van der Waals surface area contributed by atoms with E-state index in [0.717, 1.165) is 9.20 Å². The van der Waals surface area contributed by atoms with Crippen molar-refractivity contribution in [2.24, 2.45) is 0 Å². The van der Waals surface area contributed by atoms with Crippen LogP contribution < -0.4 is 14.8 Å². The predicted molar refractivity (Wildman–Crippen MR) is 114 cm³/mol. The SMILES string of the molecule is COc1ccccc1OCC(C)NC(=O)CN(C)S(=O)(=O)c1ccc(SC)cc1. The Balaban J connectivity index is 1.89. The summed E-state index contributed by atoms with van der Waals surface area (Å²) in [4.78, 5) is 13.4. The number of carbonyl (C=O) groups excluding carboxylic acids is 1. The number of sulfonamides is 1. The molecule has 0 saturated heterocycles. The van der Waals surface area contributed by atoms with Crippen LogP contribution in [0.25, 0.3) is 0 Å². The lowest BCUT2D eigenvalue weighted by atomic mass is 10.3. The number of hydrogen-bond acceptors (Lipinski definition) is 6. The van der Waals surface area contributed by atoms with Crippen LogP contribution in [0.1, 0.15) is 6.92 Å². The van der Waals surface area contributed by atoms with Crippen LogP contribution in [-0.2, 0) is 14.8 Å². The average molecular weight is 439 g/mol. The molecule has 0 aliphatic carbocycles. The number of para-hydroxylation sites is 2. The summed E-state index contributed by atoms with van der Waals surface area (Å²) in [6, 6.07) is 13.5. The fourth-order valence-electron chi connectivity index (χ4n) is 2.53. The number of thioether (sulfide) groups is 1. The summed E-state index contributed by atoms with van der Waals surface area (Å²) >= 11 is 1.53. The number of rotatable bonds is 10. The van der Waals surface area contributed by atoms with Gasteiger partial charge in [-0.3, -0.25) is 4.79 Å². The van der Waals surface area contributed by atoms with E-state index in [-0.39, 0.29) is 24.1 Å². The monoisotopic (exact) mass is 438 g/mol. The molecule has 0 aliphatic heterocycles. The third kappa shape index (κ3) is 6.38. The van der Waals surface area contributed by atoms with E-state index in [1.54, 1.807) is 50.4 Å². The van der Waals surface area contributed by atoms with Crippen molar-refractivity contribution in [3.63, 3.8) is 0 Å². The van der Waals surface area contributed by atoms with Gasteiger partial charge in [-0.15, -0.1) is 11.8 Å². The number of amides is 1. The van der Waals surface area contributed by atoms with Gasteiger partial charge in [-0.2, -0.15) is 4.31 Å². The molecule has 9 heteroatoms. The minimum Gasteiger partial charge on any atom is -0.493 e. The fraction of sp³-hybridized carbons (Fsp3) is 0.350. The van der Waals surface area contributed by atoms with Crippen LogP contribution in [0.4, 0.5) is 0 Å². The molecular formula is C20H26N2O5S2. The minimum atomic E-state index is -3.74. The van der Waals surface area contributed by atoms with Crippen molar-refractivity contribution in [1.82, 2.24) is 9.62 Å². The lowest BCUT2D eigenvalue weighted by molar-refractivity contribution is -0.121. The number of benzene rings is 2. The van der Waals surface area contributed by atoms with E-state index >= 15 is 0 Å². The van der Waals surface area contributed by atoms with Crippen LogP contribution in [0.3, 0.4) is 0 Å². The Morgan fingerprint density at radius 2 is 1.76 bits per heavy atom. The van der Waals surface area contributed by atoms with Crippen molar-refractivity contribution in [2.75, 3.05) is 33.6 Å². The summed E-state index contributed by atoms with van der Waals surface area (Å²) in [5, 5.41) is 2.75. The van der Waals surface area contributed by atoms with Crippen LogP contribution in [0.5, 0.6) is 11.5 Å². The van der Waals surface area contributed by atoms with Gasteiger partial charge in [0.2, 0.25) is 15.9 Å². The molecule has 7 nitrogen and oxygen atoms in total. The molecule has 2 aromatic carbocycles. The van der Waals surface area contributed by atoms with Gasteiger partial charge in [0.25, 0.3) is 0 Å². The quantitative estimate of drug-likeness (QED) is 0.574. The predicted octanol–water partition coefficient (Wildman–Crippen LogP) is 2.62. The summed E-state index contributed by atoms with van der Waals surface area (Å²) in [5.74, 6) is 0.766. The largest absolute Gasteiger partial charge is 0.493 e. The van der Waals surface area contributed by atoms with E-state index in [4.69, 9.17) is 9.47 Å². The van der Waals surface area contributed by atoms with Gasteiger partial charge in [-0.05, 0) is 49.6 Å². The number of likely N-dealkylation sites (N-methyl/N-ethyl adjacent to an activating group) is 1. The highest BCUT2D eigenvalue weighted by Crippen LogP contribution is 2.25. The molecular weight excluding hydrogens is 412 g/mol. The first-order chi connectivity index (χ1) is 13.8. The zero-order chi connectivity index (χ0) is 21.4. The molecule has 1 unspecified atom stereocenters. The van der Waals surface area contributed by atoms with Crippen molar-refractivity contribution in [1.29, 1.82) is 0 Å². The second kappa shape index (κ2) is 10.5. The van der Waals surface area contributed by atoms with Gasteiger partial charge in [0, 0.05) is 11.9 Å². The van der Waals surface area contributed by atoms with Crippen molar-refractivity contribution in [3.05, 3.63) is 48.5 Å². The van der Waals surface area contributed by atoms with Crippen LogP contribution in [0.15, 0.2) is 58.3 Å². The maximum atomic E-state index is 12.6. The summed E-state index contributed by atoms with van der Waals surface area (Å²) in [5.41, 5.74) is 0. The van der Waals surface area contributed by atoms with Crippen molar-refractivity contribution < 1.29 is 22.7 Å². The van der Waals surface area contributed by atoms with Gasteiger partial charge < -0.3 is 14.8 Å². The molecule has 2 rings (SSSR count). The van der Waals surface area contributed by atoms with Crippen molar-refractivity contribution >= 4 is 27.7 Å². The highest BCUT2D eigenvalue weighted by molar-refractivity contribution is 7.98. The van der Waals surface area contributed by atoms with E-state index in [9.17, 15) is 13.2 Å². The molecule has 0 saturated carbocycles. The van der Waals surface area contributed by atoms with Gasteiger partial charge in [0.05, 0.1) is 24.6 Å². The van der Waals surface area contributed by atoms with E-state index in [1.807, 2.05) is 18.4 Å². The van der Waals surface area contributed by atoms with Gasteiger partial charge in [0.1, 0.15) is 6.61 Å². The zero-order valence-electron chi connectivity index (χ0n) is 16.9. The molecule has 1 atom stereocenters. The lowest BCUT2D eigenvalue weighted by Gasteiger charge is -2.20. The molecule has 0 bridgehead atoms. The number of carbonyl (C=O) groups is 1. The molecule has 1 amide bonds. The van der Waals surface area contributed by atoms with E-state index in [1.165, 1.54) is 18.8 Å². The molecule has 2 aromatic rings. The Labute approximate surface area is 176 Å². The Bertz CT molecular complexity index is 917. The van der Waals surface area contributed by atoms with Crippen LogP contribution in [-0.4, -0.2) is 58.2 Å². The molecule has 29 heavy (non-hydrogen) atoms. The Morgan fingerprint density at radius 1 is 1.14 bits per heavy atom. The molecule has 0 radical (unpaired) electrons. The highest BCUT2D eigenvalue weighted by atomic mass is 32.2. The molecule has 1 N–H and O–H groups in total. The topological polar surface area (TPSA) is 84.9 Å². The van der Waals surface area contributed by atoms with E-state index in [0.29, 0.717) is 11.5 Å². The molecule has 0 aliphatic rings. The van der Waals surface area contributed by atoms with Crippen molar-refractivity contribution in [3.8, 4) is 11.5 Å². The minimum absolute atomic E-state index is 0.151. The summed E-state index contributed by atoms with van der Waals surface area (Å²) in [6.45, 7) is 1.72. The maximum absolute atomic E-state index is 12.6. The highest BCUT2D eigenvalue weighted by Gasteiger charge is 2.23. The number of nitrogens with zero attached hydrogens (tertiary/aromatic N) is 1. The first kappa shape index (κ1) is 23.1.